The van der Waals surface area contributed by atoms with Crippen LogP contribution in [0.4, 0.5) is 18.9 Å². The molecule has 5 nitrogen and oxygen atoms in total. The van der Waals surface area contributed by atoms with Crippen LogP contribution in [0.3, 0.4) is 0 Å². The maximum Gasteiger partial charge on any atom is 0.419 e. The predicted octanol–water partition coefficient (Wildman–Crippen LogP) is 4.16. The second-order valence-corrected chi connectivity index (χ2v) is 5.42. The number of methoxy groups -OCH3 is 1. The van der Waals surface area contributed by atoms with Crippen molar-refractivity contribution >= 4 is 29.2 Å². The molecule has 0 heterocycles. The summed E-state index contributed by atoms with van der Waals surface area (Å²) in [5, 5.41) is 2.51. The number of anilines is 1. The quantitative estimate of drug-likeness (QED) is 0.782. The molecule has 0 unspecified atom stereocenters. The molecule has 0 spiro atoms. The lowest BCUT2D eigenvalue weighted by atomic mass is 10.2. The molecule has 2 aromatic rings. The van der Waals surface area contributed by atoms with Crippen molar-refractivity contribution < 1.29 is 32.2 Å². The molecular formula is C17H13ClF3NO4. The summed E-state index contributed by atoms with van der Waals surface area (Å²) in [5.74, 6) is -1.84. The van der Waals surface area contributed by atoms with E-state index in [0.29, 0.717) is 0 Å². The van der Waals surface area contributed by atoms with Crippen LogP contribution in [0.2, 0.25) is 5.02 Å². The zero-order chi connectivity index (χ0) is 19.3. The summed E-state index contributed by atoms with van der Waals surface area (Å²) in [4.78, 5) is 23.5. The van der Waals surface area contributed by atoms with Crippen molar-refractivity contribution in [1.82, 2.24) is 0 Å². The van der Waals surface area contributed by atoms with Gasteiger partial charge in [-0.3, -0.25) is 4.79 Å². The third-order valence-electron chi connectivity index (χ3n) is 3.21. The number of benzene rings is 2. The summed E-state index contributed by atoms with van der Waals surface area (Å²) in [6.45, 7) is -0.675. The Morgan fingerprint density at radius 1 is 1.15 bits per heavy atom. The number of hydrogen-bond acceptors (Lipinski definition) is 4. The van der Waals surface area contributed by atoms with E-state index in [4.69, 9.17) is 16.3 Å². The molecule has 0 atom stereocenters. The largest absolute Gasteiger partial charge is 0.483 e. The normalized spacial score (nSPS) is 11.0. The Morgan fingerprint density at radius 3 is 2.50 bits per heavy atom. The molecule has 2 rings (SSSR count). The summed E-state index contributed by atoms with van der Waals surface area (Å²) < 4.78 is 48.2. The van der Waals surface area contributed by atoms with Gasteiger partial charge in [0.1, 0.15) is 5.75 Å². The van der Waals surface area contributed by atoms with Crippen molar-refractivity contribution in [2.24, 2.45) is 0 Å². The van der Waals surface area contributed by atoms with Crippen LogP contribution in [0.25, 0.3) is 0 Å². The third-order valence-corrected chi connectivity index (χ3v) is 3.54. The summed E-state index contributed by atoms with van der Waals surface area (Å²) in [6.07, 6.45) is -4.61. The molecule has 0 radical (unpaired) electrons. The molecule has 26 heavy (non-hydrogen) atoms. The molecule has 2 aromatic carbocycles. The molecule has 138 valence electrons. The lowest BCUT2D eigenvalue weighted by molar-refractivity contribution is -0.139. The van der Waals surface area contributed by atoms with Gasteiger partial charge in [0, 0.05) is 0 Å². The van der Waals surface area contributed by atoms with Crippen LogP contribution >= 0.6 is 11.6 Å². The van der Waals surface area contributed by atoms with E-state index >= 15 is 0 Å². The lowest BCUT2D eigenvalue weighted by Crippen LogP contribution is -2.21. The summed E-state index contributed by atoms with van der Waals surface area (Å²) in [5.41, 5.74) is -0.735. The van der Waals surface area contributed by atoms with E-state index < -0.39 is 36.0 Å². The highest BCUT2D eigenvalue weighted by Crippen LogP contribution is 2.35. The van der Waals surface area contributed by atoms with Crippen LogP contribution in [0.5, 0.6) is 5.75 Å². The minimum absolute atomic E-state index is 0.104. The maximum absolute atomic E-state index is 12.9. The van der Waals surface area contributed by atoms with E-state index in [9.17, 15) is 22.8 Å². The highest BCUT2D eigenvalue weighted by atomic mass is 35.5. The average molecular weight is 388 g/mol. The average Bonchev–Trinajstić information content (AvgIpc) is 2.60. The molecular weight excluding hydrogens is 375 g/mol. The zero-order valence-electron chi connectivity index (χ0n) is 13.4. The van der Waals surface area contributed by atoms with Gasteiger partial charge in [-0.1, -0.05) is 23.7 Å². The van der Waals surface area contributed by atoms with Crippen LogP contribution in [-0.2, 0) is 15.7 Å². The van der Waals surface area contributed by atoms with Crippen molar-refractivity contribution in [1.29, 1.82) is 0 Å². The monoisotopic (exact) mass is 387 g/mol. The zero-order valence-corrected chi connectivity index (χ0v) is 14.1. The van der Waals surface area contributed by atoms with Gasteiger partial charge in [-0.05, 0) is 30.3 Å². The number of carbonyl (C=O) groups excluding carboxylic acids is 2. The molecule has 0 bridgehead atoms. The molecule has 9 heteroatoms. The Kier molecular flexibility index (Phi) is 6.10. The molecule has 0 aliphatic heterocycles. The number of carbonyl (C=O) groups is 2. The number of esters is 1. The maximum atomic E-state index is 12.9. The highest BCUT2D eigenvalue weighted by Gasteiger charge is 2.34. The number of alkyl halides is 3. The SMILES string of the molecule is COC(=O)c1ccc(Cl)c(NC(=O)COc2ccccc2C(F)(F)F)c1. The smallest absolute Gasteiger partial charge is 0.419 e. The standard InChI is InChI=1S/C17H13ClF3NO4/c1-25-16(24)10-6-7-12(18)13(8-10)22-15(23)9-26-14-5-3-2-4-11(14)17(19,20)21/h2-8H,9H2,1H3,(H,22,23). The number of ether oxygens (including phenoxy) is 2. The summed E-state index contributed by atoms with van der Waals surface area (Å²) in [7, 11) is 1.20. The first-order valence-electron chi connectivity index (χ1n) is 7.19. The topological polar surface area (TPSA) is 64.6 Å². The van der Waals surface area contributed by atoms with Gasteiger partial charge in [0.25, 0.3) is 5.91 Å². The van der Waals surface area contributed by atoms with Crippen molar-refractivity contribution in [3.05, 3.63) is 58.6 Å². The molecule has 0 aliphatic rings. The lowest BCUT2D eigenvalue weighted by Gasteiger charge is -2.14. The van der Waals surface area contributed by atoms with Gasteiger partial charge in [-0.2, -0.15) is 13.2 Å². The number of halogens is 4. The number of para-hydroxylation sites is 1. The first kappa shape index (κ1) is 19.6. The van der Waals surface area contributed by atoms with Gasteiger partial charge in [0.05, 0.1) is 28.9 Å². The van der Waals surface area contributed by atoms with E-state index in [1.54, 1.807) is 0 Å². The fourth-order valence-electron chi connectivity index (χ4n) is 2.02. The number of amides is 1. The number of nitrogens with one attached hydrogen (secondary N) is 1. The Balaban J connectivity index is 2.08. The van der Waals surface area contributed by atoms with Crippen LogP contribution in [0.1, 0.15) is 15.9 Å². The Hall–Kier alpha value is -2.74. The van der Waals surface area contributed by atoms with Crippen LogP contribution in [0, 0.1) is 0 Å². The Bertz CT molecular complexity index is 824. The van der Waals surface area contributed by atoms with Crippen LogP contribution in [0.15, 0.2) is 42.5 Å². The molecule has 0 saturated carbocycles. The molecule has 0 aromatic heterocycles. The van der Waals surface area contributed by atoms with Crippen LogP contribution in [-0.4, -0.2) is 25.6 Å². The first-order chi connectivity index (χ1) is 12.2. The van der Waals surface area contributed by atoms with Gasteiger partial charge < -0.3 is 14.8 Å². The number of hydrogen-bond donors (Lipinski definition) is 1. The van der Waals surface area contributed by atoms with Crippen LogP contribution < -0.4 is 10.1 Å². The van der Waals surface area contributed by atoms with Crippen molar-refractivity contribution in [2.45, 2.75) is 6.18 Å². The molecule has 0 aliphatic carbocycles. The molecule has 0 fully saturated rings. The van der Waals surface area contributed by atoms with E-state index in [-0.39, 0.29) is 16.3 Å². The molecule has 1 N–H and O–H groups in total. The summed E-state index contributed by atoms with van der Waals surface area (Å²) in [6, 6.07) is 8.61. The van der Waals surface area contributed by atoms with E-state index in [1.807, 2.05) is 0 Å². The fourth-order valence-corrected chi connectivity index (χ4v) is 2.19. The summed E-state index contributed by atoms with van der Waals surface area (Å²) >= 11 is 5.93. The number of rotatable bonds is 5. The van der Waals surface area contributed by atoms with Gasteiger partial charge in [-0.15, -0.1) is 0 Å². The van der Waals surface area contributed by atoms with E-state index in [1.165, 1.54) is 37.4 Å². The van der Waals surface area contributed by atoms with Crippen molar-refractivity contribution in [2.75, 3.05) is 19.0 Å². The van der Waals surface area contributed by atoms with E-state index in [2.05, 4.69) is 10.1 Å². The van der Waals surface area contributed by atoms with E-state index in [0.717, 1.165) is 12.1 Å². The Morgan fingerprint density at radius 2 is 1.85 bits per heavy atom. The minimum atomic E-state index is -4.61. The second-order valence-electron chi connectivity index (χ2n) is 5.02. The molecule has 0 saturated heterocycles. The van der Waals surface area contributed by atoms with Gasteiger partial charge >= 0.3 is 12.1 Å². The van der Waals surface area contributed by atoms with Crippen molar-refractivity contribution in [3.8, 4) is 5.75 Å². The molecule has 1 amide bonds. The predicted molar refractivity (Wildman–Crippen MR) is 88.4 cm³/mol. The third kappa shape index (κ3) is 4.89. The Labute approximate surface area is 151 Å². The van der Waals surface area contributed by atoms with Gasteiger partial charge in [0.2, 0.25) is 0 Å². The second kappa shape index (κ2) is 8.09. The van der Waals surface area contributed by atoms with Crippen molar-refractivity contribution in [3.63, 3.8) is 0 Å². The van der Waals surface area contributed by atoms with Gasteiger partial charge in [-0.25, -0.2) is 4.79 Å². The minimum Gasteiger partial charge on any atom is -0.483 e. The first-order valence-corrected chi connectivity index (χ1v) is 7.57. The fraction of sp³-hybridized carbons (Fsp3) is 0.176. The van der Waals surface area contributed by atoms with Gasteiger partial charge in [0.15, 0.2) is 6.61 Å². The highest BCUT2D eigenvalue weighted by molar-refractivity contribution is 6.33.